The van der Waals surface area contributed by atoms with Crippen molar-refractivity contribution < 1.29 is 19.1 Å². The second kappa shape index (κ2) is 9.73. The maximum absolute atomic E-state index is 12.0. The largest absolute Gasteiger partial charge is 0.456 e. The number of nitrogens with one attached hydrogen (secondary N) is 2. The Morgan fingerprint density at radius 1 is 0.963 bits per heavy atom. The van der Waals surface area contributed by atoms with Crippen molar-refractivity contribution in [3.05, 3.63) is 58.6 Å². The predicted molar refractivity (Wildman–Crippen MR) is 105 cm³/mol. The molecule has 0 unspecified atom stereocenters. The van der Waals surface area contributed by atoms with Crippen LogP contribution in [0.2, 0.25) is 5.02 Å². The molecule has 0 atom stereocenters. The van der Waals surface area contributed by atoms with Crippen LogP contribution in [-0.4, -0.2) is 24.4 Å². The topological polar surface area (TPSA) is 84.5 Å². The van der Waals surface area contributed by atoms with Gasteiger partial charge in [0.1, 0.15) is 0 Å². The number of benzene rings is 2. The van der Waals surface area contributed by atoms with Gasteiger partial charge in [-0.15, -0.1) is 0 Å². The highest BCUT2D eigenvalue weighted by atomic mass is 35.5. The van der Waals surface area contributed by atoms with E-state index in [1.54, 1.807) is 24.3 Å². The van der Waals surface area contributed by atoms with Crippen LogP contribution in [0.4, 0.5) is 11.4 Å². The van der Waals surface area contributed by atoms with Crippen LogP contribution in [-0.2, 0) is 19.1 Å². The van der Waals surface area contributed by atoms with Gasteiger partial charge >= 0.3 is 5.97 Å². The lowest BCUT2D eigenvalue weighted by Crippen LogP contribution is -2.21. The molecule has 7 heteroatoms. The van der Waals surface area contributed by atoms with Gasteiger partial charge in [0.15, 0.2) is 6.61 Å². The van der Waals surface area contributed by atoms with Gasteiger partial charge in [0.25, 0.3) is 5.91 Å². The molecule has 2 amide bonds. The number of amides is 2. The van der Waals surface area contributed by atoms with Crippen molar-refractivity contribution in [2.24, 2.45) is 0 Å². The molecule has 0 fully saturated rings. The molecular weight excluding hydrogens is 368 g/mol. The van der Waals surface area contributed by atoms with Crippen LogP contribution in [0.1, 0.15) is 24.0 Å². The fourth-order valence-corrected chi connectivity index (χ4v) is 2.47. The molecule has 0 aliphatic heterocycles. The minimum Gasteiger partial charge on any atom is -0.456 e. The van der Waals surface area contributed by atoms with Gasteiger partial charge in [0.05, 0.1) is 6.42 Å². The van der Waals surface area contributed by atoms with E-state index in [2.05, 4.69) is 10.6 Å². The number of aryl methyl sites for hydroxylation is 2. The lowest BCUT2D eigenvalue weighted by molar-refractivity contribution is -0.147. The van der Waals surface area contributed by atoms with Gasteiger partial charge in [0.2, 0.25) is 5.91 Å². The monoisotopic (exact) mass is 388 g/mol. The molecular formula is C20H21ClN2O4. The summed E-state index contributed by atoms with van der Waals surface area (Å²) in [5, 5.41) is 5.82. The highest BCUT2D eigenvalue weighted by Crippen LogP contribution is 2.17. The van der Waals surface area contributed by atoms with E-state index in [1.807, 2.05) is 32.0 Å². The van der Waals surface area contributed by atoms with Gasteiger partial charge in [-0.05, 0) is 49.2 Å². The number of esters is 1. The zero-order valence-corrected chi connectivity index (χ0v) is 15.9. The zero-order valence-electron chi connectivity index (χ0n) is 15.2. The Morgan fingerprint density at radius 2 is 1.74 bits per heavy atom. The number of anilines is 2. The van der Waals surface area contributed by atoms with Crippen LogP contribution in [0.5, 0.6) is 0 Å². The summed E-state index contributed by atoms with van der Waals surface area (Å²) in [6.07, 6.45) is -0.136. The summed E-state index contributed by atoms with van der Waals surface area (Å²) in [7, 11) is 0. The van der Waals surface area contributed by atoms with Gasteiger partial charge < -0.3 is 15.4 Å². The molecule has 0 saturated heterocycles. The minimum absolute atomic E-state index is 0.0257. The molecule has 0 bridgehead atoms. The van der Waals surface area contributed by atoms with Gasteiger partial charge in [-0.3, -0.25) is 14.4 Å². The summed E-state index contributed by atoms with van der Waals surface area (Å²) in [5.74, 6) is -1.39. The Kier molecular flexibility index (Phi) is 7.37. The fourth-order valence-electron chi connectivity index (χ4n) is 2.28. The summed E-state index contributed by atoms with van der Waals surface area (Å²) in [6.45, 7) is 3.40. The number of hydrogen-bond acceptors (Lipinski definition) is 4. The molecule has 0 saturated carbocycles. The quantitative estimate of drug-likeness (QED) is 0.705. The van der Waals surface area contributed by atoms with Crippen molar-refractivity contribution in [1.29, 1.82) is 0 Å². The minimum atomic E-state index is -0.618. The van der Waals surface area contributed by atoms with Gasteiger partial charge in [-0.1, -0.05) is 29.8 Å². The first kappa shape index (κ1) is 20.5. The first-order valence-electron chi connectivity index (χ1n) is 8.41. The van der Waals surface area contributed by atoms with Crippen molar-refractivity contribution in [2.75, 3.05) is 17.2 Å². The van der Waals surface area contributed by atoms with Crippen molar-refractivity contribution in [2.45, 2.75) is 26.7 Å². The number of rotatable bonds is 7. The molecule has 0 aliphatic carbocycles. The average Bonchev–Trinajstić information content (AvgIpc) is 2.61. The predicted octanol–water partition coefficient (Wildman–Crippen LogP) is 3.86. The maximum atomic E-state index is 12.0. The number of carbonyl (C=O) groups is 3. The van der Waals surface area contributed by atoms with E-state index in [-0.39, 0.29) is 18.7 Å². The molecule has 2 aromatic carbocycles. The summed E-state index contributed by atoms with van der Waals surface area (Å²) >= 11 is 5.83. The first-order chi connectivity index (χ1) is 12.8. The van der Waals surface area contributed by atoms with Crippen molar-refractivity contribution in [3.8, 4) is 0 Å². The Morgan fingerprint density at radius 3 is 2.48 bits per heavy atom. The Labute approximate surface area is 162 Å². The van der Waals surface area contributed by atoms with Crippen LogP contribution < -0.4 is 10.6 Å². The van der Waals surface area contributed by atoms with E-state index in [0.717, 1.165) is 11.1 Å². The SMILES string of the molecule is Cc1ccc(C)c(NC(=O)CCC(=O)OCC(=O)Nc2cccc(Cl)c2)c1. The molecule has 2 aromatic rings. The fraction of sp³-hybridized carbons (Fsp3) is 0.250. The third-order valence-corrected chi connectivity index (χ3v) is 3.93. The van der Waals surface area contributed by atoms with Crippen molar-refractivity contribution in [3.63, 3.8) is 0 Å². The van der Waals surface area contributed by atoms with Gasteiger partial charge in [-0.2, -0.15) is 0 Å². The van der Waals surface area contributed by atoms with Crippen LogP contribution in [0.15, 0.2) is 42.5 Å². The standard InChI is InChI=1S/C20H21ClN2O4/c1-13-6-7-14(2)17(10-13)23-18(24)8-9-20(26)27-12-19(25)22-16-5-3-4-15(21)11-16/h3-7,10-11H,8-9,12H2,1-2H3,(H,22,25)(H,23,24). The molecule has 0 spiro atoms. The van der Waals surface area contributed by atoms with E-state index >= 15 is 0 Å². The lowest BCUT2D eigenvalue weighted by Gasteiger charge is -2.09. The average molecular weight is 389 g/mol. The second-order valence-electron chi connectivity index (χ2n) is 6.09. The van der Waals surface area contributed by atoms with Gasteiger partial charge in [-0.25, -0.2) is 0 Å². The molecule has 6 nitrogen and oxygen atoms in total. The number of carbonyl (C=O) groups excluding carboxylic acids is 3. The summed E-state index contributed by atoms with van der Waals surface area (Å²) < 4.78 is 4.89. The van der Waals surface area contributed by atoms with Crippen molar-refractivity contribution in [1.82, 2.24) is 0 Å². The molecule has 0 aromatic heterocycles. The maximum Gasteiger partial charge on any atom is 0.306 e. The number of ether oxygens (including phenoxy) is 1. The molecule has 142 valence electrons. The first-order valence-corrected chi connectivity index (χ1v) is 8.79. The van der Waals surface area contributed by atoms with Gasteiger partial charge in [0, 0.05) is 22.8 Å². The highest BCUT2D eigenvalue weighted by Gasteiger charge is 2.12. The molecule has 2 N–H and O–H groups in total. The Balaban J connectivity index is 1.71. The smallest absolute Gasteiger partial charge is 0.306 e. The van der Waals surface area contributed by atoms with Crippen LogP contribution in [0, 0.1) is 13.8 Å². The second-order valence-corrected chi connectivity index (χ2v) is 6.52. The third kappa shape index (κ3) is 7.11. The van der Waals surface area contributed by atoms with Crippen LogP contribution in [0.3, 0.4) is 0 Å². The normalized spacial score (nSPS) is 10.2. The summed E-state index contributed by atoms with van der Waals surface area (Å²) in [4.78, 5) is 35.5. The molecule has 2 rings (SSSR count). The van der Waals surface area contributed by atoms with E-state index in [9.17, 15) is 14.4 Å². The van der Waals surface area contributed by atoms with E-state index in [1.165, 1.54) is 0 Å². The number of hydrogen-bond donors (Lipinski definition) is 2. The third-order valence-electron chi connectivity index (χ3n) is 3.70. The highest BCUT2D eigenvalue weighted by molar-refractivity contribution is 6.30. The molecule has 0 heterocycles. The lowest BCUT2D eigenvalue weighted by atomic mass is 10.1. The number of halogens is 1. The summed E-state index contributed by atoms with van der Waals surface area (Å²) in [5.41, 5.74) is 3.20. The summed E-state index contributed by atoms with van der Waals surface area (Å²) in [6, 6.07) is 12.4. The Hall–Kier alpha value is -2.86. The molecule has 27 heavy (non-hydrogen) atoms. The Bertz CT molecular complexity index is 852. The van der Waals surface area contributed by atoms with E-state index < -0.39 is 18.5 Å². The molecule has 0 aliphatic rings. The van der Waals surface area contributed by atoms with Crippen LogP contribution in [0.25, 0.3) is 0 Å². The van der Waals surface area contributed by atoms with E-state index in [4.69, 9.17) is 16.3 Å². The zero-order chi connectivity index (χ0) is 19.8. The van der Waals surface area contributed by atoms with Crippen molar-refractivity contribution >= 4 is 40.8 Å². The van der Waals surface area contributed by atoms with Crippen LogP contribution >= 0.6 is 11.6 Å². The van der Waals surface area contributed by atoms with E-state index in [0.29, 0.717) is 16.4 Å². The molecule has 0 radical (unpaired) electrons.